The molecule has 0 radical (unpaired) electrons. The van der Waals surface area contributed by atoms with Gasteiger partial charge in [-0.05, 0) is 48.7 Å². The molecule has 4 aromatic carbocycles. The quantitative estimate of drug-likeness (QED) is 0.124. The number of rotatable bonds is 7. The van der Waals surface area contributed by atoms with Crippen LogP contribution in [0.15, 0.2) is 77.7 Å². The Labute approximate surface area is 265 Å². The summed E-state index contributed by atoms with van der Waals surface area (Å²) in [7, 11) is -5.12. The number of esters is 1. The fourth-order valence-electron chi connectivity index (χ4n) is 4.99. The average molecular weight is 593 g/mol. The van der Waals surface area contributed by atoms with Gasteiger partial charge in [-0.25, -0.2) is 13.2 Å². The van der Waals surface area contributed by atoms with Crippen LogP contribution in [0.2, 0.25) is 0 Å². The Balaban J connectivity index is 0.00000405. The Morgan fingerprint density at radius 1 is 0.881 bits per heavy atom. The van der Waals surface area contributed by atoms with Gasteiger partial charge >= 0.3 is 35.5 Å². The number of nitrogens with one attached hydrogen (secondary N) is 1. The smallest absolute Gasteiger partial charge is 0.744 e. The number of hydrogen-bond acceptors (Lipinski definition) is 9. The summed E-state index contributed by atoms with van der Waals surface area (Å²) in [6.07, 6.45) is 0.275. The third-order valence-corrected chi connectivity index (χ3v) is 7.77. The summed E-state index contributed by atoms with van der Waals surface area (Å²) in [5, 5.41) is 3.11. The molecule has 0 unspecified atom stereocenters. The summed E-state index contributed by atoms with van der Waals surface area (Å²) in [6.45, 7) is 3.78. The van der Waals surface area contributed by atoms with Gasteiger partial charge < -0.3 is 20.3 Å². The van der Waals surface area contributed by atoms with Gasteiger partial charge in [0.15, 0.2) is 11.6 Å². The fraction of sp³-hybridized carbons (Fsp3) is 0.129. The van der Waals surface area contributed by atoms with E-state index in [0.717, 1.165) is 11.6 Å². The van der Waals surface area contributed by atoms with Crippen LogP contribution in [0.3, 0.4) is 0 Å². The van der Waals surface area contributed by atoms with E-state index < -0.39 is 38.2 Å². The van der Waals surface area contributed by atoms with E-state index in [1.165, 1.54) is 12.1 Å². The first-order valence-corrected chi connectivity index (χ1v) is 14.1. The van der Waals surface area contributed by atoms with Gasteiger partial charge in [-0.3, -0.25) is 9.59 Å². The van der Waals surface area contributed by atoms with Crippen molar-refractivity contribution in [1.29, 1.82) is 0 Å². The molecule has 0 spiro atoms. The van der Waals surface area contributed by atoms with E-state index >= 15 is 0 Å². The zero-order valence-electron chi connectivity index (χ0n) is 23.2. The molecule has 0 saturated carbocycles. The van der Waals surface area contributed by atoms with E-state index in [0.29, 0.717) is 22.4 Å². The van der Waals surface area contributed by atoms with Crippen LogP contribution in [0.25, 0.3) is 0 Å². The van der Waals surface area contributed by atoms with Crippen molar-refractivity contribution in [2.75, 3.05) is 17.7 Å². The van der Waals surface area contributed by atoms with Crippen LogP contribution in [-0.2, 0) is 21.3 Å². The molecule has 42 heavy (non-hydrogen) atoms. The van der Waals surface area contributed by atoms with E-state index in [1.54, 1.807) is 49.4 Å². The Bertz CT molecular complexity index is 1870. The molecule has 5 rings (SSSR count). The number of carbonyl (C=O) groups excluding carboxylic acids is 3. The van der Waals surface area contributed by atoms with Gasteiger partial charge in [0.05, 0.1) is 39.6 Å². The van der Waals surface area contributed by atoms with Gasteiger partial charge in [0.25, 0.3) is 0 Å². The summed E-state index contributed by atoms with van der Waals surface area (Å²) in [5.74, 6) is -1.67. The second kappa shape index (κ2) is 12.2. The molecule has 0 amide bonds. The SMILES string of the molecule is CCOC(=O)c1ccccc1Cc1ccc(C)cc1Nc1cc(S(=O)(=O)[O-])c(N)c2c1C(=O)c1ccccc1C2=O.[Na+]. The van der Waals surface area contributed by atoms with Crippen LogP contribution < -0.4 is 40.6 Å². The molecule has 11 heteroatoms. The van der Waals surface area contributed by atoms with Crippen molar-refractivity contribution in [1.82, 2.24) is 0 Å². The number of hydrogen-bond donors (Lipinski definition) is 2. The standard InChI is InChI=1S/C31H26N2O7S.Na/c1-3-40-31(36)20-9-5-4-8-18(20)15-19-13-12-17(2)14-23(19)33-24-16-25(41(37,38)39)28(32)27-26(24)29(34)21-10-6-7-11-22(21)30(27)35;/h4-14,16,33H,3,15,32H2,1-2H3,(H,37,38,39);/q;+1/p-1. The number of ether oxygens (including phenoxy) is 1. The fourth-order valence-corrected chi connectivity index (χ4v) is 5.63. The van der Waals surface area contributed by atoms with Crippen molar-refractivity contribution in [2.45, 2.75) is 25.2 Å². The maximum absolute atomic E-state index is 13.7. The van der Waals surface area contributed by atoms with Gasteiger partial charge in [0.2, 0.25) is 0 Å². The number of nitrogen functional groups attached to an aromatic ring is 1. The molecule has 9 nitrogen and oxygen atoms in total. The zero-order chi connectivity index (χ0) is 29.5. The van der Waals surface area contributed by atoms with Crippen LogP contribution in [0.5, 0.6) is 0 Å². The first-order chi connectivity index (χ1) is 19.5. The number of carbonyl (C=O) groups is 3. The minimum absolute atomic E-state index is 0. The Morgan fingerprint density at radius 2 is 1.50 bits per heavy atom. The molecule has 4 aromatic rings. The molecule has 3 N–H and O–H groups in total. The molecule has 208 valence electrons. The largest absolute Gasteiger partial charge is 1.00 e. The molecule has 1 aliphatic rings. The summed E-state index contributed by atoms with van der Waals surface area (Å²) >= 11 is 0. The van der Waals surface area contributed by atoms with Gasteiger partial charge in [-0.2, -0.15) is 0 Å². The molecule has 0 atom stereocenters. The number of benzene rings is 4. The van der Waals surface area contributed by atoms with Crippen molar-refractivity contribution in [3.63, 3.8) is 0 Å². The molecule has 0 aliphatic heterocycles. The summed E-state index contributed by atoms with van der Waals surface area (Å²) < 4.78 is 41.8. The Hall–Kier alpha value is -3.80. The molecule has 1 aliphatic carbocycles. The monoisotopic (exact) mass is 592 g/mol. The molecule has 0 fully saturated rings. The number of ketones is 2. The van der Waals surface area contributed by atoms with Crippen LogP contribution >= 0.6 is 0 Å². The van der Waals surface area contributed by atoms with Gasteiger partial charge in [-0.1, -0.05) is 54.6 Å². The van der Waals surface area contributed by atoms with E-state index in [1.807, 2.05) is 19.1 Å². The molecular weight excluding hydrogens is 567 g/mol. The molecule has 0 aromatic heterocycles. The maximum Gasteiger partial charge on any atom is 1.00 e. The number of aryl methyl sites for hydroxylation is 1. The molecule has 0 saturated heterocycles. The Morgan fingerprint density at radius 3 is 2.14 bits per heavy atom. The van der Waals surface area contributed by atoms with Crippen molar-refractivity contribution in [3.8, 4) is 0 Å². The second-order valence-corrected chi connectivity index (χ2v) is 10.9. The number of anilines is 3. The maximum atomic E-state index is 13.7. The van der Waals surface area contributed by atoms with E-state index in [-0.39, 0.29) is 70.5 Å². The first kappa shape index (κ1) is 31.1. The molecule has 0 heterocycles. The van der Waals surface area contributed by atoms with Crippen molar-refractivity contribution in [3.05, 3.63) is 117 Å². The third-order valence-electron chi connectivity index (χ3n) is 6.90. The van der Waals surface area contributed by atoms with Crippen LogP contribution in [0.4, 0.5) is 17.1 Å². The molecular formula is C31H25N2NaO7S. The molecule has 0 bridgehead atoms. The predicted octanol–water partition coefficient (Wildman–Crippen LogP) is 1.77. The van der Waals surface area contributed by atoms with E-state index in [9.17, 15) is 27.4 Å². The third kappa shape index (κ3) is 5.77. The Kier molecular flexibility index (Phi) is 9.05. The van der Waals surface area contributed by atoms with E-state index in [2.05, 4.69) is 5.32 Å². The first-order valence-electron chi connectivity index (χ1n) is 12.7. The van der Waals surface area contributed by atoms with Crippen molar-refractivity contribution < 1.29 is 61.6 Å². The zero-order valence-corrected chi connectivity index (χ0v) is 26.0. The van der Waals surface area contributed by atoms with E-state index in [4.69, 9.17) is 10.5 Å². The average Bonchev–Trinajstić information content (AvgIpc) is 2.93. The van der Waals surface area contributed by atoms with Gasteiger partial charge in [-0.15, -0.1) is 0 Å². The van der Waals surface area contributed by atoms with Crippen LogP contribution in [0, 0.1) is 6.92 Å². The van der Waals surface area contributed by atoms with Crippen molar-refractivity contribution >= 4 is 44.7 Å². The number of nitrogens with two attached hydrogens (primary N) is 1. The van der Waals surface area contributed by atoms with Gasteiger partial charge in [0, 0.05) is 23.2 Å². The number of fused-ring (bicyclic) bond motifs is 2. The predicted molar refractivity (Wildman–Crippen MR) is 152 cm³/mol. The minimum Gasteiger partial charge on any atom is -0.744 e. The van der Waals surface area contributed by atoms with Crippen LogP contribution in [0.1, 0.15) is 65.8 Å². The summed E-state index contributed by atoms with van der Waals surface area (Å²) in [4.78, 5) is 38.9. The summed E-state index contributed by atoms with van der Waals surface area (Å²) in [6, 6.07) is 19.6. The summed E-state index contributed by atoms with van der Waals surface area (Å²) in [5.41, 5.74) is 8.26. The van der Waals surface area contributed by atoms with Crippen molar-refractivity contribution in [2.24, 2.45) is 0 Å². The normalized spacial score (nSPS) is 12.2. The topological polar surface area (TPSA) is 156 Å². The van der Waals surface area contributed by atoms with Gasteiger partial charge in [0.1, 0.15) is 10.1 Å². The second-order valence-electron chi connectivity index (χ2n) is 9.58. The minimum atomic E-state index is -5.12. The van der Waals surface area contributed by atoms with Crippen LogP contribution in [-0.4, -0.2) is 37.1 Å².